The van der Waals surface area contributed by atoms with Crippen molar-refractivity contribution in [2.45, 2.75) is 4.90 Å². The largest absolute Gasteiger partial charge is 0.461 e. The van der Waals surface area contributed by atoms with E-state index >= 15 is 0 Å². The first-order valence-electron chi connectivity index (χ1n) is 7.51. The molecule has 136 valence electrons. The van der Waals surface area contributed by atoms with E-state index in [-0.39, 0.29) is 11.5 Å². The molecule has 8 nitrogen and oxygen atoms in total. The van der Waals surface area contributed by atoms with Crippen molar-refractivity contribution < 1.29 is 22.5 Å². The minimum Gasteiger partial charge on any atom is -0.461 e. The van der Waals surface area contributed by atoms with Gasteiger partial charge in [0.05, 0.1) is 16.3 Å². The highest BCUT2D eigenvalue weighted by Crippen LogP contribution is 2.21. The van der Waals surface area contributed by atoms with E-state index in [9.17, 15) is 13.2 Å². The third-order valence-electron chi connectivity index (χ3n) is 3.12. The van der Waals surface area contributed by atoms with Crippen LogP contribution >= 0.6 is 0 Å². The number of ether oxygens (including phenoxy) is 1. The number of nitrogens with zero attached hydrogens (tertiary/aromatic N) is 2. The summed E-state index contributed by atoms with van der Waals surface area (Å²) in [7, 11) is -4.22. The molecule has 0 atom stereocenters. The van der Waals surface area contributed by atoms with Gasteiger partial charge < -0.3 is 10.1 Å². The Morgan fingerprint density at radius 1 is 1.08 bits per heavy atom. The normalized spacial score (nSPS) is 11.3. The minimum atomic E-state index is -4.22. The summed E-state index contributed by atoms with van der Waals surface area (Å²) in [5, 5.41) is 11.1. The van der Waals surface area contributed by atoms with Gasteiger partial charge in [-0.25, -0.2) is 4.79 Å². The highest BCUT2D eigenvalue weighted by Gasteiger charge is 2.08. The second-order valence-electron chi connectivity index (χ2n) is 5.01. The van der Waals surface area contributed by atoms with Gasteiger partial charge in [0.15, 0.2) is 0 Å². The maximum atomic E-state index is 11.0. The van der Waals surface area contributed by atoms with Crippen molar-refractivity contribution in [3.8, 4) is 0 Å². The van der Waals surface area contributed by atoms with Crippen LogP contribution in [0.5, 0.6) is 0 Å². The van der Waals surface area contributed by atoms with E-state index in [4.69, 9.17) is 9.29 Å². The van der Waals surface area contributed by atoms with Crippen molar-refractivity contribution in [1.29, 1.82) is 0 Å². The van der Waals surface area contributed by atoms with Gasteiger partial charge in [0, 0.05) is 18.3 Å². The van der Waals surface area contributed by atoms with E-state index in [1.54, 1.807) is 24.3 Å². The number of rotatable bonds is 8. The molecule has 0 aliphatic carbocycles. The first kappa shape index (κ1) is 19.3. The monoisotopic (exact) mass is 375 g/mol. The summed E-state index contributed by atoms with van der Waals surface area (Å²) in [6.45, 7) is 4.00. The van der Waals surface area contributed by atoms with Gasteiger partial charge in [-0.3, -0.25) is 4.55 Å². The number of carbonyl (C=O) groups excluding carboxylic acids is 1. The Labute approximate surface area is 151 Å². The van der Waals surface area contributed by atoms with Crippen LogP contribution in [0.2, 0.25) is 0 Å². The quantitative estimate of drug-likeness (QED) is 0.240. The van der Waals surface area contributed by atoms with Gasteiger partial charge in [-0.2, -0.15) is 18.6 Å². The summed E-state index contributed by atoms with van der Waals surface area (Å²) in [6, 6.07) is 12.4. The SMILES string of the molecule is C=CC(=O)OCCNc1ccc(N=Nc2ccc(S(=O)(=O)O)cc2)cc1. The van der Waals surface area contributed by atoms with Crippen molar-refractivity contribution >= 4 is 33.1 Å². The molecule has 0 saturated heterocycles. The maximum Gasteiger partial charge on any atom is 0.330 e. The average Bonchev–Trinajstić information content (AvgIpc) is 2.64. The lowest BCUT2D eigenvalue weighted by atomic mass is 10.3. The molecule has 0 saturated carbocycles. The van der Waals surface area contributed by atoms with Gasteiger partial charge in [0.25, 0.3) is 10.1 Å². The second kappa shape index (κ2) is 8.88. The number of nitrogens with one attached hydrogen (secondary N) is 1. The molecule has 0 aliphatic rings. The number of benzene rings is 2. The van der Waals surface area contributed by atoms with E-state index < -0.39 is 16.1 Å². The van der Waals surface area contributed by atoms with Crippen LogP contribution in [0, 0.1) is 0 Å². The Bertz CT molecular complexity index is 891. The van der Waals surface area contributed by atoms with Crippen LogP contribution in [0.1, 0.15) is 0 Å². The van der Waals surface area contributed by atoms with Crippen LogP contribution in [-0.2, 0) is 19.6 Å². The lowest BCUT2D eigenvalue weighted by Gasteiger charge is -2.06. The Hall–Kier alpha value is -3.04. The number of hydrogen-bond donors (Lipinski definition) is 2. The van der Waals surface area contributed by atoms with Crippen LogP contribution in [0.25, 0.3) is 0 Å². The van der Waals surface area contributed by atoms with Crippen molar-refractivity contribution in [2.75, 3.05) is 18.5 Å². The second-order valence-corrected chi connectivity index (χ2v) is 6.44. The first-order valence-corrected chi connectivity index (χ1v) is 8.95. The maximum absolute atomic E-state index is 11.0. The zero-order chi connectivity index (χ0) is 19.0. The number of hydrogen-bond acceptors (Lipinski definition) is 7. The van der Waals surface area contributed by atoms with Gasteiger partial charge in [0.1, 0.15) is 6.61 Å². The third-order valence-corrected chi connectivity index (χ3v) is 3.99. The molecule has 2 N–H and O–H groups in total. The summed E-state index contributed by atoms with van der Waals surface area (Å²) < 4.78 is 35.7. The Kier molecular flexibility index (Phi) is 6.59. The van der Waals surface area contributed by atoms with Gasteiger partial charge in [-0.15, -0.1) is 0 Å². The number of esters is 1. The average molecular weight is 375 g/mol. The lowest BCUT2D eigenvalue weighted by Crippen LogP contribution is -2.12. The molecule has 0 radical (unpaired) electrons. The molecule has 2 rings (SSSR count). The molecule has 0 amide bonds. The molecule has 26 heavy (non-hydrogen) atoms. The van der Waals surface area contributed by atoms with Crippen molar-refractivity contribution in [3.63, 3.8) is 0 Å². The van der Waals surface area contributed by atoms with Crippen LogP contribution in [0.3, 0.4) is 0 Å². The van der Waals surface area contributed by atoms with E-state index in [2.05, 4.69) is 22.1 Å². The molecule has 0 bridgehead atoms. The predicted molar refractivity (Wildman–Crippen MR) is 96.5 cm³/mol. The predicted octanol–water partition coefficient (Wildman–Crippen LogP) is 3.49. The number of carbonyl (C=O) groups is 1. The Morgan fingerprint density at radius 3 is 2.12 bits per heavy atom. The standard InChI is InChI=1S/C17H17N3O5S/c1-2-17(21)25-12-11-18-13-3-5-14(6-4-13)19-20-15-7-9-16(10-8-15)26(22,23)24/h2-10,18H,1,11-12H2,(H,22,23,24). The highest BCUT2D eigenvalue weighted by molar-refractivity contribution is 7.85. The highest BCUT2D eigenvalue weighted by atomic mass is 32.2. The number of anilines is 1. The summed E-state index contributed by atoms with van der Waals surface area (Å²) in [5.41, 5.74) is 1.88. The molecule has 2 aromatic rings. The summed E-state index contributed by atoms with van der Waals surface area (Å²) in [4.78, 5) is 10.7. The molecular formula is C17H17N3O5S. The molecular weight excluding hydrogens is 358 g/mol. The zero-order valence-electron chi connectivity index (χ0n) is 13.7. The summed E-state index contributed by atoms with van der Waals surface area (Å²) in [6.07, 6.45) is 1.11. The minimum absolute atomic E-state index is 0.203. The van der Waals surface area contributed by atoms with Gasteiger partial charge in [-0.1, -0.05) is 6.58 Å². The van der Waals surface area contributed by atoms with E-state index in [0.717, 1.165) is 11.8 Å². The van der Waals surface area contributed by atoms with Crippen molar-refractivity contribution in [3.05, 3.63) is 61.2 Å². The molecule has 0 aromatic heterocycles. The fourth-order valence-electron chi connectivity index (χ4n) is 1.85. The van der Waals surface area contributed by atoms with Gasteiger partial charge >= 0.3 is 5.97 Å². The summed E-state index contributed by atoms with van der Waals surface area (Å²) in [5.74, 6) is -0.466. The fraction of sp³-hybridized carbons (Fsp3) is 0.118. The molecule has 0 fully saturated rings. The lowest BCUT2D eigenvalue weighted by molar-refractivity contribution is -0.137. The third kappa shape index (κ3) is 6.11. The van der Waals surface area contributed by atoms with Crippen LogP contribution < -0.4 is 5.32 Å². The van der Waals surface area contributed by atoms with Crippen LogP contribution in [0.4, 0.5) is 17.1 Å². The first-order chi connectivity index (χ1) is 12.4. The molecule has 0 heterocycles. The van der Waals surface area contributed by atoms with Crippen LogP contribution in [-0.4, -0.2) is 32.1 Å². The van der Waals surface area contributed by atoms with E-state index in [1.165, 1.54) is 24.3 Å². The molecule has 9 heteroatoms. The Morgan fingerprint density at radius 2 is 1.62 bits per heavy atom. The topological polar surface area (TPSA) is 117 Å². The molecule has 2 aromatic carbocycles. The Balaban J connectivity index is 1.89. The fourth-order valence-corrected chi connectivity index (χ4v) is 2.33. The number of azo groups is 1. The van der Waals surface area contributed by atoms with Crippen molar-refractivity contribution in [1.82, 2.24) is 0 Å². The molecule has 0 aliphatic heterocycles. The van der Waals surface area contributed by atoms with Crippen LogP contribution in [0.15, 0.2) is 76.3 Å². The molecule has 0 unspecified atom stereocenters. The van der Waals surface area contributed by atoms with E-state index in [1.807, 2.05) is 0 Å². The summed E-state index contributed by atoms with van der Waals surface area (Å²) >= 11 is 0. The van der Waals surface area contributed by atoms with Crippen molar-refractivity contribution in [2.24, 2.45) is 10.2 Å². The zero-order valence-corrected chi connectivity index (χ0v) is 14.5. The van der Waals surface area contributed by atoms with E-state index in [0.29, 0.717) is 17.9 Å². The smallest absolute Gasteiger partial charge is 0.330 e. The van der Waals surface area contributed by atoms with Gasteiger partial charge in [-0.05, 0) is 48.5 Å². The molecule has 0 spiro atoms. The van der Waals surface area contributed by atoms with Gasteiger partial charge in [0.2, 0.25) is 0 Å².